The molecule has 2 rings (SSSR count). The van der Waals surface area contributed by atoms with Crippen LogP contribution in [0.5, 0.6) is 0 Å². The lowest BCUT2D eigenvalue weighted by Crippen LogP contribution is -2.58. The number of nitrogens with two attached hydrogens (primary N) is 1. The average Bonchev–Trinajstić information content (AvgIpc) is 2.80. The van der Waals surface area contributed by atoms with Gasteiger partial charge >= 0.3 is 0 Å². The van der Waals surface area contributed by atoms with Crippen molar-refractivity contribution in [3.05, 3.63) is 0 Å². The summed E-state index contributed by atoms with van der Waals surface area (Å²) < 4.78 is 5.28. The van der Waals surface area contributed by atoms with Gasteiger partial charge in [-0.3, -0.25) is 4.90 Å². The molecule has 0 bridgehead atoms. The van der Waals surface area contributed by atoms with Gasteiger partial charge in [-0.05, 0) is 51.9 Å². The normalized spacial score (nSPS) is 30.9. The summed E-state index contributed by atoms with van der Waals surface area (Å²) in [5.41, 5.74) is 6.36. The van der Waals surface area contributed by atoms with E-state index in [0.717, 1.165) is 13.2 Å². The van der Waals surface area contributed by atoms with E-state index in [1.807, 2.05) is 0 Å². The molecule has 2 saturated heterocycles. The molecule has 1 unspecified atom stereocenters. The van der Waals surface area contributed by atoms with Crippen molar-refractivity contribution >= 4 is 0 Å². The second-order valence-corrected chi connectivity index (χ2v) is 5.79. The number of piperidine rings is 1. The largest absolute Gasteiger partial charge is 0.384 e. The number of nitrogens with zero attached hydrogens (tertiary/aromatic N) is 2. The lowest BCUT2D eigenvalue weighted by molar-refractivity contribution is 0.0452. The Hall–Kier alpha value is -0.160. The maximum atomic E-state index is 6.09. The first-order chi connectivity index (χ1) is 8.20. The van der Waals surface area contributed by atoms with Crippen molar-refractivity contribution in [1.82, 2.24) is 9.80 Å². The first kappa shape index (κ1) is 13.3. The summed E-state index contributed by atoms with van der Waals surface area (Å²) in [6.07, 6.45) is 3.71. The van der Waals surface area contributed by atoms with Gasteiger partial charge in [0.2, 0.25) is 0 Å². The quantitative estimate of drug-likeness (QED) is 0.772. The molecular weight excluding hydrogens is 214 g/mol. The SMILES string of the molecule is COCC1CCN(C2(CN)CCN(C)CC2)C1. The number of ether oxygens (including phenoxy) is 1. The molecule has 0 radical (unpaired) electrons. The molecule has 0 spiro atoms. The fourth-order valence-corrected chi connectivity index (χ4v) is 3.32. The van der Waals surface area contributed by atoms with Crippen molar-refractivity contribution in [2.45, 2.75) is 24.8 Å². The van der Waals surface area contributed by atoms with E-state index in [2.05, 4.69) is 16.8 Å². The van der Waals surface area contributed by atoms with Gasteiger partial charge in [-0.2, -0.15) is 0 Å². The maximum Gasteiger partial charge on any atom is 0.0503 e. The third kappa shape index (κ3) is 2.81. The Morgan fingerprint density at radius 3 is 2.59 bits per heavy atom. The van der Waals surface area contributed by atoms with E-state index in [-0.39, 0.29) is 5.54 Å². The molecule has 2 N–H and O–H groups in total. The molecule has 0 amide bonds. The zero-order valence-electron chi connectivity index (χ0n) is 11.3. The van der Waals surface area contributed by atoms with Gasteiger partial charge in [-0.25, -0.2) is 0 Å². The Kier molecular flexibility index (Phi) is 4.42. The summed E-state index contributed by atoms with van der Waals surface area (Å²) in [4.78, 5) is 5.06. The van der Waals surface area contributed by atoms with Crippen LogP contribution in [0.3, 0.4) is 0 Å². The minimum atomic E-state index is 0.273. The number of methoxy groups -OCH3 is 1. The first-order valence-corrected chi connectivity index (χ1v) is 6.83. The zero-order valence-corrected chi connectivity index (χ0v) is 11.3. The Balaban J connectivity index is 1.95. The van der Waals surface area contributed by atoms with E-state index in [9.17, 15) is 0 Å². The molecule has 1 atom stereocenters. The maximum absolute atomic E-state index is 6.09. The van der Waals surface area contributed by atoms with Gasteiger partial charge < -0.3 is 15.4 Å². The molecule has 4 nitrogen and oxygen atoms in total. The van der Waals surface area contributed by atoms with Crippen LogP contribution in [0, 0.1) is 5.92 Å². The topological polar surface area (TPSA) is 41.7 Å². The van der Waals surface area contributed by atoms with E-state index >= 15 is 0 Å². The van der Waals surface area contributed by atoms with E-state index < -0.39 is 0 Å². The van der Waals surface area contributed by atoms with E-state index in [0.29, 0.717) is 5.92 Å². The van der Waals surface area contributed by atoms with Crippen molar-refractivity contribution < 1.29 is 4.74 Å². The lowest BCUT2D eigenvalue weighted by atomic mass is 9.86. The summed E-state index contributed by atoms with van der Waals surface area (Å²) in [6.45, 7) is 6.45. The van der Waals surface area contributed by atoms with Crippen molar-refractivity contribution in [2.75, 3.05) is 53.5 Å². The molecule has 0 aromatic carbocycles. The fourth-order valence-electron chi connectivity index (χ4n) is 3.32. The van der Waals surface area contributed by atoms with Crippen molar-refractivity contribution in [2.24, 2.45) is 11.7 Å². The van der Waals surface area contributed by atoms with Crippen LogP contribution in [0.4, 0.5) is 0 Å². The summed E-state index contributed by atoms with van der Waals surface area (Å²) in [7, 11) is 4.01. The van der Waals surface area contributed by atoms with Crippen LogP contribution in [-0.4, -0.2) is 68.8 Å². The van der Waals surface area contributed by atoms with Crippen LogP contribution in [-0.2, 0) is 4.74 Å². The molecule has 17 heavy (non-hydrogen) atoms. The van der Waals surface area contributed by atoms with Crippen LogP contribution in [0.2, 0.25) is 0 Å². The zero-order chi connectivity index (χ0) is 12.3. The molecule has 2 fully saturated rings. The highest BCUT2D eigenvalue weighted by atomic mass is 16.5. The van der Waals surface area contributed by atoms with Gasteiger partial charge in [0.15, 0.2) is 0 Å². The number of rotatable bonds is 4. The highest BCUT2D eigenvalue weighted by molar-refractivity contribution is 4.98. The molecule has 0 aromatic rings. The van der Waals surface area contributed by atoms with E-state index in [1.54, 1.807) is 7.11 Å². The number of likely N-dealkylation sites (tertiary alicyclic amines) is 2. The molecule has 4 heteroatoms. The Morgan fingerprint density at radius 2 is 2.00 bits per heavy atom. The summed E-state index contributed by atoms with van der Waals surface area (Å²) in [6, 6.07) is 0. The second-order valence-electron chi connectivity index (χ2n) is 5.79. The van der Waals surface area contributed by atoms with Gasteiger partial charge in [0.25, 0.3) is 0 Å². The number of hydrogen-bond donors (Lipinski definition) is 1. The lowest BCUT2D eigenvalue weighted by Gasteiger charge is -2.46. The number of hydrogen-bond acceptors (Lipinski definition) is 4. The van der Waals surface area contributed by atoms with Gasteiger partial charge in [-0.15, -0.1) is 0 Å². The molecule has 0 aliphatic carbocycles. The summed E-state index contributed by atoms with van der Waals surface area (Å²) in [5, 5.41) is 0. The van der Waals surface area contributed by atoms with Crippen LogP contribution >= 0.6 is 0 Å². The molecular formula is C13H27N3O. The monoisotopic (exact) mass is 241 g/mol. The Bertz CT molecular complexity index is 239. The molecule has 100 valence electrons. The predicted octanol–water partition coefficient (Wildman–Crippen LogP) is 0.378. The predicted molar refractivity (Wildman–Crippen MR) is 70.1 cm³/mol. The van der Waals surface area contributed by atoms with Crippen LogP contribution in [0.1, 0.15) is 19.3 Å². The van der Waals surface area contributed by atoms with Gasteiger partial charge in [0.1, 0.15) is 0 Å². The minimum Gasteiger partial charge on any atom is -0.384 e. The summed E-state index contributed by atoms with van der Waals surface area (Å²) in [5.74, 6) is 0.711. The van der Waals surface area contributed by atoms with Crippen LogP contribution in [0.25, 0.3) is 0 Å². The van der Waals surface area contributed by atoms with Crippen molar-refractivity contribution in [3.8, 4) is 0 Å². The summed E-state index contributed by atoms with van der Waals surface area (Å²) >= 11 is 0. The van der Waals surface area contributed by atoms with Gasteiger partial charge in [0, 0.05) is 25.7 Å². The molecule has 2 aliphatic heterocycles. The van der Waals surface area contributed by atoms with Gasteiger partial charge in [-0.1, -0.05) is 0 Å². The Labute approximate surface area is 105 Å². The smallest absolute Gasteiger partial charge is 0.0503 e. The minimum absolute atomic E-state index is 0.273. The van der Waals surface area contributed by atoms with Gasteiger partial charge in [0.05, 0.1) is 6.61 Å². The van der Waals surface area contributed by atoms with Crippen molar-refractivity contribution in [1.29, 1.82) is 0 Å². The second kappa shape index (κ2) is 5.65. The van der Waals surface area contributed by atoms with E-state index in [1.165, 1.54) is 45.4 Å². The highest BCUT2D eigenvalue weighted by Gasteiger charge is 2.41. The van der Waals surface area contributed by atoms with E-state index in [4.69, 9.17) is 10.5 Å². The molecule has 2 heterocycles. The fraction of sp³-hybridized carbons (Fsp3) is 1.00. The average molecular weight is 241 g/mol. The highest BCUT2D eigenvalue weighted by Crippen LogP contribution is 2.32. The van der Waals surface area contributed by atoms with Crippen LogP contribution in [0.15, 0.2) is 0 Å². The third-order valence-corrected chi connectivity index (χ3v) is 4.66. The first-order valence-electron chi connectivity index (χ1n) is 6.83. The van der Waals surface area contributed by atoms with Crippen molar-refractivity contribution in [3.63, 3.8) is 0 Å². The van der Waals surface area contributed by atoms with Crippen LogP contribution < -0.4 is 5.73 Å². The molecule has 0 saturated carbocycles. The molecule has 2 aliphatic rings. The third-order valence-electron chi connectivity index (χ3n) is 4.66. The standard InChI is InChI=1S/C13H27N3O/c1-15-7-4-13(11-14,5-8-15)16-6-3-12(9-16)10-17-2/h12H,3-11,14H2,1-2H3. The molecule has 0 aromatic heterocycles. The Morgan fingerprint density at radius 1 is 1.29 bits per heavy atom.